The molecule has 0 saturated heterocycles. The lowest BCUT2D eigenvalue weighted by Gasteiger charge is -2.37. The van der Waals surface area contributed by atoms with Crippen LogP contribution in [0.25, 0.3) is 0 Å². The van der Waals surface area contributed by atoms with E-state index in [1.54, 1.807) is 20.3 Å². The average Bonchev–Trinajstić information content (AvgIpc) is 3.33. The summed E-state index contributed by atoms with van der Waals surface area (Å²) in [5.74, 6) is 0.585. The van der Waals surface area contributed by atoms with Crippen LogP contribution in [-0.2, 0) is 14.3 Å². The minimum atomic E-state index is -0.587. The Kier molecular flexibility index (Phi) is 8.23. The molecule has 4 rings (SSSR count). The first-order valence-electron chi connectivity index (χ1n) is 12.0. The van der Waals surface area contributed by atoms with Gasteiger partial charge >= 0.3 is 5.97 Å². The van der Waals surface area contributed by atoms with Gasteiger partial charge in [0, 0.05) is 17.3 Å². The minimum absolute atomic E-state index is 0.119. The summed E-state index contributed by atoms with van der Waals surface area (Å²) in [6, 6.07) is 14.6. The van der Waals surface area contributed by atoms with Gasteiger partial charge in [-0.15, -0.1) is 0 Å². The van der Waals surface area contributed by atoms with Crippen molar-refractivity contribution in [3.05, 3.63) is 82.0 Å². The van der Waals surface area contributed by atoms with Crippen LogP contribution in [0.4, 0.5) is 0 Å². The van der Waals surface area contributed by atoms with E-state index in [0.29, 0.717) is 34.4 Å². The normalized spacial score (nSPS) is 17.4. The number of carbonyl (C=O) groups is 2. The van der Waals surface area contributed by atoms with E-state index in [4.69, 9.17) is 19.2 Å². The highest BCUT2D eigenvalue weighted by Gasteiger charge is 2.42. The highest BCUT2D eigenvalue weighted by molar-refractivity contribution is 8.16. The molecule has 2 aliphatic rings. The number of thioether (sulfide) groups is 1. The summed E-state index contributed by atoms with van der Waals surface area (Å²) in [5.41, 5.74) is 3.57. The number of carbonyl (C=O) groups excluding carboxylic acids is 2. The van der Waals surface area contributed by atoms with Crippen molar-refractivity contribution in [2.45, 2.75) is 38.8 Å². The molecule has 0 unspecified atom stereocenters. The number of nitrogens with zero attached hydrogens (tertiary/aromatic N) is 2. The number of fused-ring (bicyclic) bond motifs is 1. The van der Waals surface area contributed by atoms with Gasteiger partial charge < -0.3 is 24.4 Å². The third-order valence-corrected chi connectivity index (χ3v) is 7.27. The summed E-state index contributed by atoms with van der Waals surface area (Å²) in [6.45, 7) is 3.90. The molecule has 2 aliphatic heterocycles. The van der Waals surface area contributed by atoms with Gasteiger partial charge in [0.15, 0.2) is 5.17 Å². The lowest BCUT2D eigenvalue weighted by molar-refractivity contribution is -0.136. The van der Waals surface area contributed by atoms with Gasteiger partial charge in [-0.05, 0) is 36.4 Å². The molecule has 0 radical (unpaired) electrons. The van der Waals surface area contributed by atoms with Gasteiger partial charge in [0.25, 0.3) is 0 Å². The van der Waals surface area contributed by atoms with E-state index >= 15 is 0 Å². The molecule has 1 amide bonds. The Morgan fingerprint density at radius 3 is 2.51 bits per heavy atom. The molecule has 2 aromatic carbocycles. The van der Waals surface area contributed by atoms with Crippen LogP contribution in [-0.4, -0.2) is 43.3 Å². The van der Waals surface area contributed by atoms with E-state index in [2.05, 4.69) is 5.32 Å². The van der Waals surface area contributed by atoms with E-state index in [1.165, 1.54) is 18.9 Å². The van der Waals surface area contributed by atoms with Crippen molar-refractivity contribution in [1.29, 1.82) is 0 Å². The van der Waals surface area contributed by atoms with E-state index in [9.17, 15) is 9.59 Å². The van der Waals surface area contributed by atoms with Gasteiger partial charge in [-0.3, -0.25) is 4.79 Å². The van der Waals surface area contributed by atoms with E-state index in [1.807, 2.05) is 66.6 Å². The molecule has 0 bridgehead atoms. The van der Waals surface area contributed by atoms with E-state index in [0.717, 1.165) is 16.8 Å². The summed E-state index contributed by atoms with van der Waals surface area (Å²) in [4.78, 5) is 33.0. The summed E-state index contributed by atoms with van der Waals surface area (Å²) in [7, 11) is 4.52. The van der Waals surface area contributed by atoms with Crippen molar-refractivity contribution in [1.82, 2.24) is 10.2 Å². The zero-order valence-corrected chi connectivity index (χ0v) is 22.4. The fraction of sp³-hybridized carbons (Fsp3) is 0.321. The van der Waals surface area contributed by atoms with Crippen molar-refractivity contribution in [2.24, 2.45) is 4.99 Å². The number of amides is 1. The number of amidine groups is 1. The van der Waals surface area contributed by atoms with Crippen LogP contribution in [0.1, 0.15) is 49.9 Å². The first-order chi connectivity index (χ1) is 17.9. The molecule has 0 spiro atoms. The summed E-state index contributed by atoms with van der Waals surface area (Å²) in [6.07, 6.45) is 0.662. The van der Waals surface area contributed by atoms with E-state index < -0.39 is 12.0 Å². The molecule has 9 heteroatoms. The predicted molar refractivity (Wildman–Crippen MR) is 144 cm³/mol. The molecule has 37 heavy (non-hydrogen) atoms. The second-order valence-corrected chi connectivity index (χ2v) is 9.42. The van der Waals surface area contributed by atoms with Gasteiger partial charge in [-0.2, -0.15) is 0 Å². The standard InChI is InChI=1S/C28H31N3O5S/c1-6-22-25(27(33)36-5)26(21-13-12-20(34-3)15-23(21)35-4)31-19(16-37-28(31)30-22)14-24(32)29-17(2)18-10-8-7-9-11-18/h7-13,15-17,26H,6,14H2,1-5H3,(H,29,32)/t17-,26-/m0/s1. The molecule has 2 aromatic rings. The average molecular weight is 522 g/mol. The zero-order valence-electron chi connectivity index (χ0n) is 21.6. The Balaban J connectivity index is 1.71. The number of allylic oxidation sites excluding steroid dienone is 1. The molecule has 0 aliphatic carbocycles. The maximum Gasteiger partial charge on any atom is 0.338 e. The highest BCUT2D eigenvalue weighted by atomic mass is 32.2. The Labute approximate surface area is 221 Å². The minimum Gasteiger partial charge on any atom is -0.497 e. The molecule has 1 N–H and O–H groups in total. The van der Waals surface area contributed by atoms with Crippen LogP contribution >= 0.6 is 11.8 Å². The molecule has 0 aromatic heterocycles. The number of hydrogen-bond acceptors (Lipinski definition) is 8. The Bertz CT molecular complexity index is 1270. The van der Waals surface area contributed by atoms with Gasteiger partial charge in [-0.25, -0.2) is 9.79 Å². The molecule has 8 nitrogen and oxygen atoms in total. The van der Waals surface area contributed by atoms with Crippen molar-refractivity contribution in [3.8, 4) is 11.5 Å². The number of ether oxygens (including phenoxy) is 3. The molecular formula is C28H31N3O5S. The monoisotopic (exact) mass is 521 g/mol. The maximum absolute atomic E-state index is 13.1. The van der Waals surface area contributed by atoms with Crippen LogP contribution in [0.5, 0.6) is 11.5 Å². The molecule has 0 fully saturated rings. The zero-order chi connectivity index (χ0) is 26.5. The van der Waals surface area contributed by atoms with Crippen molar-refractivity contribution in [3.63, 3.8) is 0 Å². The van der Waals surface area contributed by atoms with Crippen LogP contribution in [0.15, 0.2) is 75.9 Å². The first-order valence-corrected chi connectivity index (χ1v) is 12.9. The van der Waals surface area contributed by atoms with E-state index in [-0.39, 0.29) is 18.4 Å². The Morgan fingerprint density at radius 2 is 1.86 bits per heavy atom. The van der Waals surface area contributed by atoms with Crippen LogP contribution in [0.2, 0.25) is 0 Å². The number of esters is 1. The van der Waals surface area contributed by atoms with Gasteiger partial charge in [0.2, 0.25) is 5.91 Å². The summed E-state index contributed by atoms with van der Waals surface area (Å²) >= 11 is 1.43. The smallest absolute Gasteiger partial charge is 0.338 e. The number of aliphatic imine (C=N–C) groups is 1. The third-order valence-electron chi connectivity index (χ3n) is 6.38. The Hall–Kier alpha value is -3.72. The van der Waals surface area contributed by atoms with Crippen molar-refractivity contribution >= 4 is 28.8 Å². The summed E-state index contributed by atoms with van der Waals surface area (Å²) < 4.78 is 16.3. The lowest BCUT2D eigenvalue weighted by Crippen LogP contribution is -2.38. The van der Waals surface area contributed by atoms with Gasteiger partial charge in [0.05, 0.1) is 51.1 Å². The van der Waals surface area contributed by atoms with Crippen molar-refractivity contribution < 1.29 is 23.8 Å². The number of methoxy groups -OCH3 is 3. The van der Waals surface area contributed by atoms with Crippen molar-refractivity contribution in [2.75, 3.05) is 21.3 Å². The second-order valence-electron chi connectivity index (χ2n) is 8.58. The molecular weight excluding hydrogens is 490 g/mol. The number of hydrogen-bond donors (Lipinski definition) is 1. The SMILES string of the molecule is CCC1=C(C(=O)OC)[C@H](c2ccc(OC)cc2OC)N2C(CC(=O)N[C@@H](C)c3ccccc3)=CSC2=N1. The van der Waals surface area contributed by atoms with Gasteiger partial charge in [0.1, 0.15) is 11.5 Å². The quantitative estimate of drug-likeness (QED) is 0.459. The maximum atomic E-state index is 13.1. The number of rotatable bonds is 9. The largest absolute Gasteiger partial charge is 0.497 e. The highest BCUT2D eigenvalue weighted by Crippen LogP contribution is 2.48. The van der Waals surface area contributed by atoms with Crippen LogP contribution in [0.3, 0.4) is 0 Å². The topological polar surface area (TPSA) is 89.5 Å². The summed E-state index contributed by atoms with van der Waals surface area (Å²) in [5, 5.41) is 5.69. The fourth-order valence-electron chi connectivity index (χ4n) is 4.53. The first kappa shape index (κ1) is 26.3. The fourth-order valence-corrected chi connectivity index (χ4v) is 5.47. The van der Waals surface area contributed by atoms with Crippen LogP contribution < -0.4 is 14.8 Å². The molecule has 2 heterocycles. The Morgan fingerprint density at radius 1 is 1.11 bits per heavy atom. The third kappa shape index (κ3) is 5.36. The molecule has 0 saturated carbocycles. The number of nitrogens with one attached hydrogen (secondary N) is 1. The second kappa shape index (κ2) is 11.6. The molecule has 2 atom stereocenters. The van der Waals surface area contributed by atoms with Gasteiger partial charge in [-0.1, -0.05) is 49.0 Å². The predicted octanol–water partition coefficient (Wildman–Crippen LogP) is 5.11. The number of benzene rings is 2. The molecule has 194 valence electrons. The van der Waals surface area contributed by atoms with Crippen LogP contribution in [0, 0.1) is 0 Å². The lowest BCUT2D eigenvalue weighted by atomic mass is 9.92.